The van der Waals surface area contributed by atoms with Crippen LogP contribution in [0.1, 0.15) is 84.9 Å². The molecule has 10 nitrogen and oxygen atoms in total. The van der Waals surface area contributed by atoms with E-state index in [2.05, 4.69) is 194 Å². The Morgan fingerprint density at radius 1 is 0.344 bits per heavy atom. The molecule has 1 aliphatic rings. The molecule has 4 atom stereocenters. The van der Waals surface area contributed by atoms with Gasteiger partial charge in [-0.1, -0.05) is 157 Å². The number of benzene rings is 16. The van der Waals surface area contributed by atoms with Crippen molar-refractivity contribution in [1.29, 1.82) is 0 Å². The van der Waals surface area contributed by atoms with Crippen LogP contribution in [0.3, 0.4) is 0 Å². The third-order valence-electron chi connectivity index (χ3n) is 22.6. The van der Waals surface area contributed by atoms with Gasteiger partial charge in [0.1, 0.15) is 63.5 Å². The van der Waals surface area contributed by atoms with Gasteiger partial charge < -0.3 is 47.9 Å². The molecule has 1 heterocycles. The monoisotopic (exact) mass is 1760 g/mol. The van der Waals surface area contributed by atoms with E-state index in [1.165, 1.54) is 70.1 Å². The van der Waals surface area contributed by atoms with Crippen molar-refractivity contribution in [3.63, 3.8) is 0 Å². The topological polar surface area (TPSA) is 114 Å². The molecule has 0 spiro atoms. The molecule has 0 aromatic heterocycles. The van der Waals surface area contributed by atoms with Crippen LogP contribution in [0.5, 0.6) is 40.2 Å². The van der Waals surface area contributed by atoms with Crippen molar-refractivity contribution in [1.82, 2.24) is 0 Å². The second-order valence-electron chi connectivity index (χ2n) is 32.5. The Hall–Kier alpha value is -11.7. The first-order valence-corrected chi connectivity index (χ1v) is 42.3. The molecule has 0 amide bonds. The molecule has 1 saturated heterocycles. The highest BCUT2D eigenvalue weighted by Crippen LogP contribution is 2.51. The van der Waals surface area contributed by atoms with E-state index in [1.54, 1.807) is 31.4 Å². The SMILES string of the molecule is COCOc1c(B2OC(C)(C)C(C)(C)O2)cc(C)cc1-c1c2ccccc2cc2ccccc12.C[C@H](C[C@H](C)Oc1ccc(F)cc1Br)Oc1ccc(F)cc1Br.Cc1cc(-c2cc(F)ccc2O[C@H](C)C[C@H](C)Oc2ccc(F)cc2-c2cc(C)cc(-c3c4ccccc4cc4ccccc34)c2O)c(O)c(-c2c3ccccc3cc3ccccc23)c1. The maximum atomic E-state index is 15.2. The highest BCUT2D eigenvalue weighted by molar-refractivity contribution is 9.11. The molecule has 122 heavy (non-hydrogen) atoms. The number of hydrogen-bond acceptors (Lipinski definition) is 10. The van der Waals surface area contributed by atoms with Crippen LogP contribution in [0.25, 0.3) is 120 Å². The maximum absolute atomic E-state index is 15.2. The fourth-order valence-corrected chi connectivity index (χ4v) is 17.3. The number of hydrogen-bond donors (Lipinski definition) is 2. The Labute approximate surface area is 725 Å². The Bertz CT molecular complexity index is 6170. The molecule has 0 unspecified atom stereocenters. The summed E-state index contributed by atoms with van der Waals surface area (Å²) in [5.74, 6) is 1.17. The van der Waals surface area contributed by atoms with Crippen LogP contribution in [-0.2, 0) is 14.0 Å². The van der Waals surface area contributed by atoms with Gasteiger partial charge in [-0.25, -0.2) is 17.6 Å². The van der Waals surface area contributed by atoms with Crippen molar-refractivity contribution in [2.45, 2.75) is 125 Å². The average molecular weight is 1760 g/mol. The lowest BCUT2D eigenvalue weighted by molar-refractivity contribution is 0.00578. The van der Waals surface area contributed by atoms with Crippen LogP contribution in [0.2, 0.25) is 0 Å². The summed E-state index contributed by atoms with van der Waals surface area (Å²) in [5, 5.41) is 37.3. The third-order valence-corrected chi connectivity index (χ3v) is 23.9. The van der Waals surface area contributed by atoms with Gasteiger partial charge >= 0.3 is 7.12 Å². The molecule has 618 valence electrons. The van der Waals surface area contributed by atoms with Gasteiger partial charge in [0.2, 0.25) is 0 Å². The second kappa shape index (κ2) is 36.2. The summed E-state index contributed by atoms with van der Waals surface area (Å²) >= 11 is 6.55. The van der Waals surface area contributed by atoms with E-state index in [9.17, 15) is 19.0 Å². The van der Waals surface area contributed by atoms with Crippen LogP contribution < -0.4 is 29.1 Å². The largest absolute Gasteiger partial charge is 0.507 e. The number of aromatic hydroxyl groups is 2. The third kappa shape index (κ3) is 18.3. The van der Waals surface area contributed by atoms with Crippen molar-refractivity contribution < 1.29 is 65.5 Å². The van der Waals surface area contributed by atoms with E-state index in [0.717, 1.165) is 93.2 Å². The van der Waals surface area contributed by atoms with E-state index in [4.69, 9.17) is 37.7 Å². The molecule has 0 saturated carbocycles. The fraction of sp³-hybridized carbons (Fsp3) is 0.200. The van der Waals surface area contributed by atoms with Crippen molar-refractivity contribution in [3.05, 3.63) is 322 Å². The zero-order valence-corrected chi connectivity index (χ0v) is 73.1. The summed E-state index contributed by atoms with van der Waals surface area (Å²) in [7, 11) is 1.09. The molecule has 1 aliphatic heterocycles. The predicted molar refractivity (Wildman–Crippen MR) is 495 cm³/mol. The molecule has 0 aliphatic carbocycles. The quantitative estimate of drug-likeness (QED) is 0.0312. The van der Waals surface area contributed by atoms with Crippen molar-refractivity contribution in [2.24, 2.45) is 0 Å². The maximum Gasteiger partial charge on any atom is 0.498 e. The summed E-state index contributed by atoms with van der Waals surface area (Å²) in [6.07, 6.45) is -0.131. The molecule has 17 rings (SSSR count). The second-order valence-corrected chi connectivity index (χ2v) is 34.2. The van der Waals surface area contributed by atoms with E-state index < -0.39 is 42.2 Å². The molecule has 1 fully saturated rings. The Balaban J connectivity index is 0.000000168. The summed E-state index contributed by atoms with van der Waals surface area (Å²) in [5.41, 5.74) is 9.85. The number of ether oxygens (including phenoxy) is 6. The number of phenols is 2. The number of phenolic OH excluding ortho intramolecular Hbond substituents is 2. The van der Waals surface area contributed by atoms with Gasteiger partial charge in [0.15, 0.2) is 6.79 Å². The molecule has 16 aromatic carbocycles. The summed E-state index contributed by atoms with van der Waals surface area (Å²) in [6.45, 7) is 22.1. The molecular weight excluding hydrogens is 1670 g/mol. The van der Waals surface area contributed by atoms with Gasteiger partial charge in [0.05, 0.1) is 44.6 Å². The van der Waals surface area contributed by atoms with Gasteiger partial charge in [-0.15, -0.1) is 0 Å². The van der Waals surface area contributed by atoms with Crippen molar-refractivity contribution in [2.75, 3.05) is 13.9 Å². The zero-order chi connectivity index (χ0) is 86.0. The lowest BCUT2D eigenvalue weighted by Gasteiger charge is -2.32. The highest BCUT2D eigenvalue weighted by Gasteiger charge is 2.53. The minimum Gasteiger partial charge on any atom is -0.507 e. The van der Waals surface area contributed by atoms with Gasteiger partial charge in [0.25, 0.3) is 0 Å². The lowest BCUT2D eigenvalue weighted by atomic mass is 9.75. The summed E-state index contributed by atoms with van der Waals surface area (Å²) in [6, 6.07) is 85.3. The first-order valence-electron chi connectivity index (χ1n) is 40.8. The van der Waals surface area contributed by atoms with Crippen LogP contribution in [0, 0.1) is 44.0 Å². The van der Waals surface area contributed by atoms with E-state index in [-0.39, 0.29) is 42.1 Å². The van der Waals surface area contributed by atoms with Crippen LogP contribution in [0.15, 0.2) is 282 Å². The standard InChI is InChI=1S/C59H46F2O4.C29H31BO4.C17H16Br2F2O2/c1-34-25-50(58(62)52(27-34)56-44-17-9-5-13-38(44)30-39-14-6-10-18-45(39)56)48-32-42(60)21-23-54(48)64-36(3)29-37(4)65-55-24-22-43(61)33-49(55)51-26-35(2)28-53(59(51)63)57-46-19-11-7-15-40(46)31-41-16-8-12-20-47(41)57;1-19-15-24(26-22-13-9-7-11-20(22)17-21-12-8-10-14-23(21)26)27(32-18-31-6)25(16-19)30-33-28(2,3)29(4,5)34-30;1-10(22-16-5-3-12(20)8-14(16)18)7-11(2)23-17-6-4-13(21)9-15(17)19/h5-28,30-33,36-37,62-63H,29H2,1-4H3;7-17H,18H2,1-6H3;3-6,8-11H,7H2,1-2H3/t36-,37+;;10-,11+. The smallest absolute Gasteiger partial charge is 0.498 e. The van der Waals surface area contributed by atoms with Gasteiger partial charge in [-0.2, -0.15) is 0 Å². The average Bonchev–Trinajstić information content (AvgIpc) is 1.06. The minimum atomic E-state index is -0.545. The number of aryl methyl sites for hydroxylation is 3. The Morgan fingerprint density at radius 3 is 0.951 bits per heavy atom. The van der Waals surface area contributed by atoms with Gasteiger partial charge in [-0.3, -0.25) is 0 Å². The predicted octanol–water partition coefficient (Wildman–Crippen LogP) is 28.3. The first kappa shape index (κ1) is 85.3. The zero-order valence-electron chi connectivity index (χ0n) is 69.9. The van der Waals surface area contributed by atoms with E-state index >= 15 is 8.78 Å². The Morgan fingerprint density at radius 2 is 0.623 bits per heavy atom. The van der Waals surface area contributed by atoms with Crippen LogP contribution in [0.4, 0.5) is 17.6 Å². The molecule has 16 aromatic rings. The van der Waals surface area contributed by atoms with Gasteiger partial charge in [0, 0.05) is 81.0 Å². The van der Waals surface area contributed by atoms with Crippen molar-refractivity contribution in [3.8, 4) is 95.9 Å². The summed E-state index contributed by atoms with van der Waals surface area (Å²) in [4.78, 5) is 0. The Kier molecular flexibility index (Phi) is 25.3. The number of methoxy groups -OCH3 is 1. The molecule has 0 radical (unpaired) electrons. The minimum absolute atomic E-state index is 0.0250. The van der Waals surface area contributed by atoms with Gasteiger partial charge in [-0.05, 0) is 305 Å². The number of rotatable bonds is 21. The molecular formula is C105H93BBr2F4O10. The van der Waals surface area contributed by atoms with E-state index in [1.807, 2.05) is 114 Å². The highest BCUT2D eigenvalue weighted by atomic mass is 79.9. The fourth-order valence-electron chi connectivity index (χ4n) is 16.4. The first-order chi connectivity index (χ1) is 58.6. The van der Waals surface area contributed by atoms with Crippen molar-refractivity contribution >= 4 is 109 Å². The van der Waals surface area contributed by atoms with Crippen LogP contribution >= 0.6 is 31.9 Å². The normalized spacial score (nSPS) is 13.9. The van der Waals surface area contributed by atoms with Crippen LogP contribution in [-0.4, -0.2) is 66.9 Å². The molecule has 0 bridgehead atoms. The number of fused-ring (bicyclic) bond motifs is 6. The molecule has 2 N–H and O–H groups in total. The summed E-state index contributed by atoms with van der Waals surface area (Å²) < 4.78 is 107. The molecule has 17 heteroatoms. The lowest BCUT2D eigenvalue weighted by Crippen LogP contribution is -2.41. The number of halogens is 6. The van der Waals surface area contributed by atoms with E-state index in [0.29, 0.717) is 78.2 Å².